The first-order chi connectivity index (χ1) is 10.2. The van der Waals surface area contributed by atoms with E-state index in [-0.39, 0.29) is 0 Å². The first-order valence-corrected chi connectivity index (χ1v) is 8.76. The fourth-order valence-electron chi connectivity index (χ4n) is 4.24. The van der Waals surface area contributed by atoms with Crippen molar-refractivity contribution in [2.24, 2.45) is 0 Å². The van der Waals surface area contributed by atoms with Crippen molar-refractivity contribution in [3.63, 3.8) is 0 Å². The highest BCUT2D eigenvalue weighted by Gasteiger charge is 2.40. The lowest BCUT2D eigenvalue weighted by Gasteiger charge is -2.46. The minimum absolute atomic E-state index is 0.442. The molecule has 0 bridgehead atoms. The normalized spacial score (nSPS) is 25.5. The monoisotopic (exact) mass is 286 g/mol. The van der Waals surface area contributed by atoms with Crippen LogP contribution in [0.2, 0.25) is 0 Å². The molecular formula is C19H30N2. The summed E-state index contributed by atoms with van der Waals surface area (Å²) in [5, 5.41) is 3.89. The predicted octanol–water partition coefficient (Wildman–Crippen LogP) is 3.53. The average Bonchev–Trinajstić information content (AvgIpc) is 2.95. The quantitative estimate of drug-likeness (QED) is 0.911. The highest BCUT2D eigenvalue weighted by Crippen LogP contribution is 2.33. The highest BCUT2D eigenvalue weighted by atomic mass is 15.3. The number of hydrogen-bond acceptors (Lipinski definition) is 2. The Labute approximate surface area is 129 Å². The molecule has 1 aliphatic carbocycles. The van der Waals surface area contributed by atoms with Gasteiger partial charge in [0.15, 0.2) is 0 Å². The van der Waals surface area contributed by atoms with Gasteiger partial charge in [-0.2, -0.15) is 0 Å². The number of nitrogens with one attached hydrogen (secondary N) is 1. The molecule has 1 heterocycles. The number of benzene rings is 1. The maximum Gasteiger partial charge on any atom is 0.0309 e. The third kappa shape index (κ3) is 3.32. The molecule has 2 aliphatic rings. The molecule has 1 N–H and O–H groups in total. The van der Waals surface area contributed by atoms with Crippen molar-refractivity contribution < 1.29 is 0 Å². The smallest absolute Gasteiger partial charge is 0.0309 e. The third-order valence-corrected chi connectivity index (χ3v) is 5.70. The van der Waals surface area contributed by atoms with Gasteiger partial charge in [0.25, 0.3) is 0 Å². The van der Waals surface area contributed by atoms with E-state index in [1.807, 2.05) is 0 Å². The molecule has 2 nitrogen and oxygen atoms in total. The van der Waals surface area contributed by atoms with Gasteiger partial charge in [0, 0.05) is 31.2 Å². The Balaban J connectivity index is 1.65. The molecule has 0 aromatic heterocycles. The molecule has 0 radical (unpaired) electrons. The van der Waals surface area contributed by atoms with Crippen LogP contribution >= 0.6 is 0 Å². The van der Waals surface area contributed by atoms with Crippen LogP contribution in [-0.2, 0) is 6.42 Å². The summed E-state index contributed by atoms with van der Waals surface area (Å²) in [6, 6.07) is 9.58. The molecule has 1 unspecified atom stereocenters. The molecule has 1 atom stereocenters. The zero-order chi connectivity index (χ0) is 14.7. The SMILES string of the molecule is CCC1CNC2(CCCC2)CN1CCc1ccccc1C. The minimum Gasteiger partial charge on any atom is -0.308 e. The Hall–Kier alpha value is -0.860. The lowest BCUT2D eigenvalue weighted by Crippen LogP contribution is -2.63. The second kappa shape index (κ2) is 6.50. The number of rotatable bonds is 4. The van der Waals surface area contributed by atoms with Crippen LogP contribution in [0.4, 0.5) is 0 Å². The van der Waals surface area contributed by atoms with Gasteiger partial charge in [-0.25, -0.2) is 0 Å². The largest absolute Gasteiger partial charge is 0.308 e. The summed E-state index contributed by atoms with van der Waals surface area (Å²) in [6.45, 7) is 8.23. The topological polar surface area (TPSA) is 15.3 Å². The van der Waals surface area contributed by atoms with Crippen molar-refractivity contribution in [1.29, 1.82) is 0 Å². The maximum absolute atomic E-state index is 3.89. The van der Waals surface area contributed by atoms with E-state index in [1.165, 1.54) is 69.3 Å². The van der Waals surface area contributed by atoms with E-state index in [4.69, 9.17) is 0 Å². The minimum atomic E-state index is 0.442. The molecule has 116 valence electrons. The number of piperazine rings is 1. The van der Waals surface area contributed by atoms with E-state index in [0.29, 0.717) is 5.54 Å². The lowest BCUT2D eigenvalue weighted by atomic mass is 9.91. The molecule has 1 saturated heterocycles. The molecular weight excluding hydrogens is 256 g/mol. The summed E-state index contributed by atoms with van der Waals surface area (Å²) in [5.74, 6) is 0. The predicted molar refractivity (Wildman–Crippen MR) is 89.7 cm³/mol. The Bertz CT molecular complexity index is 462. The molecule has 2 fully saturated rings. The van der Waals surface area contributed by atoms with Crippen molar-refractivity contribution in [3.05, 3.63) is 35.4 Å². The molecule has 1 aromatic carbocycles. The Morgan fingerprint density at radius 3 is 2.71 bits per heavy atom. The summed E-state index contributed by atoms with van der Waals surface area (Å²) in [7, 11) is 0. The fraction of sp³-hybridized carbons (Fsp3) is 0.684. The van der Waals surface area contributed by atoms with E-state index in [0.717, 1.165) is 6.04 Å². The molecule has 3 rings (SSSR count). The van der Waals surface area contributed by atoms with Crippen LogP contribution in [-0.4, -0.2) is 36.1 Å². The van der Waals surface area contributed by atoms with Gasteiger partial charge in [0.1, 0.15) is 0 Å². The van der Waals surface area contributed by atoms with Crippen molar-refractivity contribution in [2.75, 3.05) is 19.6 Å². The zero-order valence-electron chi connectivity index (χ0n) is 13.7. The Kier molecular flexibility index (Phi) is 4.66. The highest BCUT2D eigenvalue weighted by molar-refractivity contribution is 5.25. The summed E-state index contributed by atoms with van der Waals surface area (Å²) in [6.07, 6.45) is 8.04. The van der Waals surface area contributed by atoms with Gasteiger partial charge in [0.05, 0.1) is 0 Å². The molecule has 1 aromatic rings. The summed E-state index contributed by atoms with van der Waals surface area (Å²) < 4.78 is 0. The van der Waals surface area contributed by atoms with Gasteiger partial charge >= 0.3 is 0 Å². The molecule has 0 amide bonds. The zero-order valence-corrected chi connectivity index (χ0v) is 13.7. The van der Waals surface area contributed by atoms with E-state index in [9.17, 15) is 0 Å². The Morgan fingerprint density at radius 1 is 1.24 bits per heavy atom. The molecule has 21 heavy (non-hydrogen) atoms. The maximum atomic E-state index is 3.89. The summed E-state index contributed by atoms with van der Waals surface area (Å²) >= 11 is 0. The van der Waals surface area contributed by atoms with Crippen molar-refractivity contribution in [1.82, 2.24) is 10.2 Å². The molecule has 1 aliphatic heterocycles. The van der Waals surface area contributed by atoms with Gasteiger partial charge in [0.2, 0.25) is 0 Å². The first kappa shape index (κ1) is 15.1. The van der Waals surface area contributed by atoms with Gasteiger partial charge in [-0.15, -0.1) is 0 Å². The van der Waals surface area contributed by atoms with Crippen LogP contribution in [0.3, 0.4) is 0 Å². The van der Waals surface area contributed by atoms with Crippen molar-refractivity contribution >= 4 is 0 Å². The standard InChI is InChI=1S/C19H30N2/c1-3-18-14-20-19(11-6-7-12-19)15-21(18)13-10-17-9-5-4-8-16(17)2/h4-5,8-9,18,20H,3,6-7,10-15H2,1-2H3. The molecule has 1 spiro atoms. The van der Waals surface area contributed by atoms with E-state index >= 15 is 0 Å². The average molecular weight is 286 g/mol. The molecule has 1 saturated carbocycles. The fourth-order valence-corrected chi connectivity index (χ4v) is 4.24. The van der Waals surface area contributed by atoms with Crippen molar-refractivity contribution in [2.45, 2.75) is 64.0 Å². The van der Waals surface area contributed by atoms with Gasteiger partial charge < -0.3 is 5.32 Å². The van der Waals surface area contributed by atoms with Crippen LogP contribution in [0, 0.1) is 6.92 Å². The van der Waals surface area contributed by atoms with Crippen LogP contribution < -0.4 is 5.32 Å². The second-order valence-corrected chi connectivity index (χ2v) is 7.08. The summed E-state index contributed by atoms with van der Waals surface area (Å²) in [5.41, 5.74) is 3.40. The van der Waals surface area contributed by atoms with E-state index in [1.54, 1.807) is 0 Å². The molecule has 2 heteroatoms. The first-order valence-electron chi connectivity index (χ1n) is 8.76. The van der Waals surface area contributed by atoms with E-state index in [2.05, 4.69) is 48.3 Å². The second-order valence-electron chi connectivity index (χ2n) is 7.08. The lowest BCUT2D eigenvalue weighted by molar-refractivity contribution is 0.0794. The van der Waals surface area contributed by atoms with Crippen LogP contribution in [0.1, 0.15) is 50.2 Å². The van der Waals surface area contributed by atoms with Gasteiger partial charge in [-0.3, -0.25) is 4.90 Å². The van der Waals surface area contributed by atoms with Crippen LogP contribution in [0.15, 0.2) is 24.3 Å². The summed E-state index contributed by atoms with van der Waals surface area (Å²) in [4.78, 5) is 2.77. The number of hydrogen-bond donors (Lipinski definition) is 1. The van der Waals surface area contributed by atoms with E-state index < -0.39 is 0 Å². The van der Waals surface area contributed by atoms with Crippen molar-refractivity contribution in [3.8, 4) is 0 Å². The Morgan fingerprint density at radius 2 is 2.00 bits per heavy atom. The third-order valence-electron chi connectivity index (χ3n) is 5.70. The van der Waals surface area contributed by atoms with Crippen LogP contribution in [0.5, 0.6) is 0 Å². The van der Waals surface area contributed by atoms with Gasteiger partial charge in [-0.1, -0.05) is 44.0 Å². The van der Waals surface area contributed by atoms with Gasteiger partial charge in [-0.05, 0) is 43.7 Å². The van der Waals surface area contributed by atoms with Crippen LogP contribution in [0.25, 0.3) is 0 Å². The number of nitrogens with zero attached hydrogens (tertiary/aromatic N) is 1. The number of aryl methyl sites for hydroxylation is 1.